The van der Waals surface area contributed by atoms with Crippen LogP contribution in [-0.4, -0.2) is 34.2 Å². The SMILES string of the molecule is CCC1(NS(=O)(=O)c2ccc(CNCCOC)o2)CCC1. The lowest BCUT2D eigenvalue weighted by atomic mass is 9.76. The van der Waals surface area contributed by atoms with Crippen LogP contribution in [0.15, 0.2) is 21.6 Å². The zero-order valence-corrected chi connectivity index (χ0v) is 13.5. The van der Waals surface area contributed by atoms with E-state index in [-0.39, 0.29) is 10.6 Å². The van der Waals surface area contributed by atoms with Crippen LogP contribution in [-0.2, 0) is 21.3 Å². The predicted octanol–water partition coefficient (Wildman–Crippen LogP) is 1.63. The Morgan fingerprint density at radius 3 is 2.71 bits per heavy atom. The van der Waals surface area contributed by atoms with E-state index < -0.39 is 10.0 Å². The van der Waals surface area contributed by atoms with Crippen molar-refractivity contribution in [2.75, 3.05) is 20.3 Å². The van der Waals surface area contributed by atoms with Crippen LogP contribution in [0.4, 0.5) is 0 Å². The second-order valence-corrected chi connectivity index (χ2v) is 7.10. The Bertz CT molecular complexity index is 544. The van der Waals surface area contributed by atoms with E-state index in [9.17, 15) is 8.42 Å². The predicted molar refractivity (Wildman–Crippen MR) is 79.5 cm³/mol. The number of nitrogens with one attached hydrogen (secondary N) is 2. The molecule has 1 saturated carbocycles. The first-order valence-electron chi connectivity index (χ1n) is 7.34. The number of sulfonamides is 1. The van der Waals surface area contributed by atoms with Gasteiger partial charge in [0.15, 0.2) is 0 Å². The van der Waals surface area contributed by atoms with Crippen LogP contribution in [0.25, 0.3) is 0 Å². The van der Waals surface area contributed by atoms with E-state index in [1.54, 1.807) is 13.2 Å². The Morgan fingerprint density at radius 2 is 2.14 bits per heavy atom. The molecule has 0 saturated heterocycles. The summed E-state index contributed by atoms with van der Waals surface area (Å²) < 4.78 is 37.8. The summed E-state index contributed by atoms with van der Waals surface area (Å²) in [5, 5.41) is 3.11. The zero-order chi connectivity index (χ0) is 15.3. The molecule has 6 nitrogen and oxygen atoms in total. The quantitative estimate of drug-likeness (QED) is 0.677. The molecule has 1 heterocycles. The van der Waals surface area contributed by atoms with Crippen molar-refractivity contribution < 1.29 is 17.6 Å². The van der Waals surface area contributed by atoms with Crippen LogP contribution in [0.5, 0.6) is 0 Å². The van der Waals surface area contributed by atoms with Gasteiger partial charge in [-0.25, -0.2) is 13.1 Å². The summed E-state index contributed by atoms with van der Waals surface area (Å²) in [6.45, 7) is 3.79. The van der Waals surface area contributed by atoms with Gasteiger partial charge < -0.3 is 14.5 Å². The van der Waals surface area contributed by atoms with Gasteiger partial charge in [0.2, 0.25) is 5.09 Å². The molecule has 0 unspecified atom stereocenters. The maximum atomic E-state index is 12.3. The number of hydrogen-bond donors (Lipinski definition) is 2. The van der Waals surface area contributed by atoms with Gasteiger partial charge in [0.05, 0.1) is 13.2 Å². The van der Waals surface area contributed by atoms with Crippen molar-refractivity contribution in [1.82, 2.24) is 10.0 Å². The van der Waals surface area contributed by atoms with E-state index in [0.29, 0.717) is 25.5 Å². The second kappa shape index (κ2) is 6.91. The highest BCUT2D eigenvalue weighted by Crippen LogP contribution is 2.36. The van der Waals surface area contributed by atoms with Gasteiger partial charge in [0.1, 0.15) is 5.76 Å². The van der Waals surface area contributed by atoms with Crippen LogP contribution in [0.3, 0.4) is 0 Å². The second-order valence-electron chi connectivity index (χ2n) is 5.48. The van der Waals surface area contributed by atoms with Gasteiger partial charge in [-0.2, -0.15) is 0 Å². The van der Waals surface area contributed by atoms with Gasteiger partial charge in [-0.15, -0.1) is 0 Å². The zero-order valence-electron chi connectivity index (χ0n) is 12.6. The maximum absolute atomic E-state index is 12.3. The standard InChI is InChI=1S/C14H24N2O4S/c1-3-14(7-4-8-14)16-21(17,18)13-6-5-12(20-13)11-15-9-10-19-2/h5-6,15-16H,3-4,7-11H2,1-2H3. The minimum Gasteiger partial charge on any atom is -0.447 e. The Labute approximate surface area is 126 Å². The van der Waals surface area contributed by atoms with Crippen LogP contribution in [0.1, 0.15) is 38.4 Å². The third-order valence-corrected chi connectivity index (χ3v) is 5.47. The van der Waals surface area contributed by atoms with Crippen molar-refractivity contribution in [3.8, 4) is 0 Å². The highest BCUT2D eigenvalue weighted by molar-refractivity contribution is 7.89. The molecule has 21 heavy (non-hydrogen) atoms. The molecule has 0 spiro atoms. The van der Waals surface area contributed by atoms with Gasteiger partial charge in [0, 0.05) is 19.2 Å². The van der Waals surface area contributed by atoms with Gasteiger partial charge in [-0.3, -0.25) is 0 Å². The number of rotatable bonds is 9. The lowest BCUT2D eigenvalue weighted by Crippen LogP contribution is -2.52. The van der Waals surface area contributed by atoms with Crippen molar-refractivity contribution in [3.05, 3.63) is 17.9 Å². The first kappa shape index (κ1) is 16.5. The smallest absolute Gasteiger partial charge is 0.274 e. The number of ether oxygens (including phenoxy) is 1. The Morgan fingerprint density at radius 1 is 1.38 bits per heavy atom. The Hall–Kier alpha value is -0.890. The average Bonchev–Trinajstić information content (AvgIpc) is 2.89. The van der Waals surface area contributed by atoms with E-state index >= 15 is 0 Å². The fraction of sp³-hybridized carbons (Fsp3) is 0.714. The number of furan rings is 1. The molecule has 1 aliphatic rings. The lowest BCUT2D eigenvalue weighted by molar-refractivity contribution is 0.198. The largest absolute Gasteiger partial charge is 0.447 e. The molecular weight excluding hydrogens is 292 g/mol. The molecule has 7 heteroatoms. The molecule has 0 radical (unpaired) electrons. The van der Waals surface area contributed by atoms with E-state index in [1.165, 1.54) is 6.07 Å². The summed E-state index contributed by atoms with van der Waals surface area (Å²) in [6.07, 6.45) is 3.67. The third-order valence-electron chi connectivity index (χ3n) is 4.02. The van der Waals surface area contributed by atoms with Gasteiger partial charge in [-0.05, 0) is 37.8 Å². The molecule has 2 N–H and O–H groups in total. The topological polar surface area (TPSA) is 80.6 Å². The molecule has 2 rings (SSSR count). The number of hydrogen-bond acceptors (Lipinski definition) is 5. The molecule has 0 bridgehead atoms. The van der Waals surface area contributed by atoms with E-state index in [2.05, 4.69) is 10.0 Å². The first-order chi connectivity index (χ1) is 10.0. The summed E-state index contributed by atoms with van der Waals surface area (Å²) in [4.78, 5) is 0. The monoisotopic (exact) mass is 316 g/mol. The third kappa shape index (κ3) is 4.06. The fourth-order valence-corrected chi connectivity index (χ4v) is 3.93. The summed E-state index contributed by atoms with van der Waals surface area (Å²) in [7, 11) is -1.94. The van der Waals surface area contributed by atoms with E-state index in [4.69, 9.17) is 9.15 Å². The first-order valence-corrected chi connectivity index (χ1v) is 8.82. The molecule has 120 valence electrons. The minimum absolute atomic E-state index is 0.00855. The summed E-state index contributed by atoms with van der Waals surface area (Å²) in [6, 6.07) is 3.20. The van der Waals surface area contributed by atoms with Gasteiger partial charge in [0.25, 0.3) is 10.0 Å². The molecule has 0 aromatic carbocycles. The van der Waals surface area contributed by atoms with Crippen LogP contribution in [0, 0.1) is 0 Å². The molecule has 0 amide bonds. The lowest BCUT2D eigenvalue weighted by Gasteiger charge is -2.41. The highest BCUT2D eigenvalue weighted by atomic mass is 32.2. The molecule has 1 aromatic heterocycles. The summed E-state index contributed by atoms with van der Waals surface area (Å²) in [5.41, 5.74) is -0.275. The molecule has 1 aliphatic carbocycles. The molecule has 0 atom stereocenters. The average molecular weight is 316 g/mol. The van der Waals surface area contributed by atoms with Crippen LogP contribution in [0.2, 0.25) is 0 Å². The Balaban J connectivity index is 1.96. The molecular formula is C14H24N2O4S. The molecule has 1 aromatic rings. The van der Waals surface area contributed by atoms with Crippen LogP contribution >= 0.6 is 0 Å². The van der Waals surface area contributed by atoms with Gasteiger partial charge in [-0.1, -0.05) is 6.92 Å². The summed E-state index contributed by atoms with van der Waals surface area (Å²) in [5.74, 6) is 0.602. The summed E-state index contributed by atoms with van der Waals surface area (Å²) >= 11 is 0. The van der Waals surface area contributed by atoms with Gasteiger partial charge >= 0.3 is 0 Å². The number of methoxy groups -OCH3 is 1. The molecule has 1 fully saturated rings. The highest BCUT2D eigenvalue weighted by Gasteiger charge is 2.39. The van der Waals surface area contributed by atoms with Crippen molar-refractivity contribution in [2.24, 2.45) is 0 Å². The maximum Gasteiger partial charge on any atom is 0.274 e. The van der Waals surface area contributed by atoms with Crippen molar-refractivity contribution in [2.45, 2.75) is 49.8 Å². The van der Waals surface area contributed by atoms with E-state index in [1.807, 2.05) is 6.92 Å². The Kier molecular flexibility index (Phi) is 5.43. The van der Waals surface area contributed by atoms with Crippen LogP contribution < -0.4 is 10.0 Å². The minimum atomic E-state index is -3.57. The normalized spacial score (nSPS) is 17.6. The van der Waals surface area contributed by atoms with Crippen molar-refractivity contribution in [1.29, 1.82) is 0 Å². The van der Waals surface area contributed by atoms with E-state index in [0.717, 1.165) is 25.7 Å². The molecule has 0 aliphatic heterocycles. The fourth-order valence-electron chi connectivity index (χ4n) is 2.45. The van der Waals surface area contributed by atoms with Crippen molar-refractivity contribution >= 4 is 10.0 Å². The van der Waals surface area contributed by atoms with Crippen molar-refractivity contribution in [3.63, 3.8) is 0 Å².